The summed E-state index contributed by atoms with van der Waals surface area (Å²) in [5.41, 5.74) is 0.970. The number of rotatable bonds is 4. The van der Waals surface area contributed by atoms with Crippen LogP contribution in [0.15, 0.2) is 81.1 Å². The lowest BCUT2D eigenvalue weighted by atomic mass is 10.2. The van der Waals surface area contributed by atoms with Crippen LogP contribution in [0.1, 0.15) is 0 Å². The van der Waals surface area contributed by atoms with Crippen LogP contribution in [-0.2, 0) is 10.0 Å². The van der Waals surface area contributed by atoms with E-state index in [0.29, 0.717) is 21.6 Å². The third kappa shape index (κ3) is 3.32. The van der Waals surface area contributed by atoms with Gasteiger partial charge in [0.05, 0.1) is 10.4 Å². The lowest BCUT2D eigenvalue weighted by Crippen LogP contribution is -2.18. The zero-order valence-corrected chi connectivity index (χ0v) is 15.2. The van der Waals surface area contributed by atoms with Crippen LogP contribution < -0.4 is 10.3 Å². The fourth-order valence-corrected chi connectivity index (χ4v) is 3.86. The summed E-state index contributed by atoms with van der Waals surface area (Å²) in [6.07, 6.45) is 1.27. The van der Waals surface area contributed by atoms with Crippen molar-refractivity contribution in [3.8, 4) is 5.69 Å². The molecule has 0 unspecified atom stereocenters. The molecule has 2 aromatic heterocycles. The molecule has 9 heteroatoms. The van der Waals surface area contributed by atoms with Gasteiger partial charge in [0.1, 0.15) is 6.26 Å². The standard InChI is InChI=1S/C18H12ClN3O4S/c19-13-2-4-14(5-3-13)22-16-7-6-15(11-12(16)1-8-18(22)23)27(24,25)21-17-9-10-26-20-17/h1-11H,(H,20,21). The number of nitrogens with zero attached hydrogens (tertiary/aromatic N) is 2. The van der Waals surface area contributed by atoms with Crippen molar-refractivity contribution >= 4 is 38.3 Å². The molecule has 2 aromatic carbocycles. The highest BCUT2D eigenvalue weighted by atomic mass is 35.5. The van der Waals surface area contributed by atoms with E-state index in [9.17, 15) is 13.2 Å². The third-order valence-corrected chi connectivity index (χ3v) is 5.54. The van der Waals surface area contributed by atoms with Gasteiger partial charge < -0.3 is 4.52 Å². The maximum absolute atomic E-state index is 12.5. The van der Waals surface area contributed by atoms with Gasteiger partial charge in [0.2, 0.25) is 0 Å². The molecular formula is C18H12ClN3O4S. The van der Waals surface area contributed by atoms with Crippen molar-refractivity contribution in [2.24, 2.45) is 0 Å². The molecule has 2 heterocycles. The van der Waals surface area contributed by atoms with Gasteiger partial charge in [0.15, 0.2) is 5.82 Å². The summed E-state index contributed by atoms with van der Waals surface area (Å²) >= 11 is 5.91. The summed E-state index contributed by atoms with van der Waals surface area (Å²) in [4.78, 5) is 12.4. The largest absolute Gasteiger partial charge is 0.363 e. The second kappa shape index (κ2) is 6.57. The molecule has 0 saturated heterocycles. The predicted molar refractivity (Wildman–Crippen MR) is 102 cm³/mol. The molecule has 0 fully saturated rings. The molecule has 4 aromatic rings. The SMILES string of the molecule is O=c1ccc2cc(S(=O)(=O)Nc3ccon3)ccc2n1-c1ccc(Cl)cc1. The van der Waals surface area contributed by atoms with E-state index < -0.39 is 10.0 Å². The molecule has 27 heavy (non-hydrogen) atoms. The fourth-order valence-electron chi connectivity index (χ4n) is 2.71. The van der Waals surface area contributed by atoms with Crippen LogP contribution in [0.25, 0.3) is 16.6 Å². The zero-order chi connectivity index (χ0) is 19.0. The number of aromatic nitrogens is 2. The summed E-state index contributed by atoms with van der Waals surface area (Å²) < 4.78 is 33.5. The lowest BCUT2D eigenvalue weighted by Gasteiger charge is -2.12. The molecule has 0 saturated carbocycles. The highest BCUT2D eigenvalue weighted by Crippen LogP contribution is 2.22. The molecule has 0 aliphatic heterocycles. The van der Waals surface area contributed by atoms with Crippen LogP contribution in [0.2, 0.25) is 5.02 Å². The van der Waals surface area contributed by atoms with Crippen LogP contribution in [0, 0.1) is 0 Å². The van der Waals surface area contributed by atoms with E-state index in [-0.39, 0.29) is 16.3 Å². The maximum atomic E-state index is 12.5. The molecule has 0 aliphatic carbocycles. The van der Waals surface area contributed by atoms with E-state index in [1.165, 1.54) is 35.1 Å². The number of halogens is 1. The van der Waals surface area contributed by atoms with Crippen molar-refractivity contribution < 1.29 is 12.9 Å². The minimum absolute atomic E-state index is 0.0410. The maximum Gasteiger partial charge on any atom is 0.263 e. The smallest absolute Gasteiger partial charge is 0.263 e. The Labute approximate surface area is 158 Å². The van der Waals surface area contributed by atoms with Crippen molar-refractivity contribution in [1.82, 2.24) is 9.72 Å². The molecule has 1 N–H and O–H groups in total. The minimum Gasteiger partial charge on any atom is -0.363 e. The van der Waals surface area contributed by atoms with E-state index in [0.717, 1.165) is 0 Å². The molecule has 0 aliphatic rings. The normalized spacial score (nSPS) is 11.6. The molecule has 0 bridgehead atoms. The van der Waals surface area contributed by atoms with Crippen molar-refractivity contribution in [1.29, 1.82) is 0 Å². The Morgan fingerprint density at radius 3 is 2.48 bits per heavy atom. The van der Waals surface area contributed by atoms with Crippen molar-refractivity contribution in [3.05, 3.63) is 82.3 Å². The van der Waals surface area contributed by atoms with Gasteiger partial charge in [-0.05, 0) is 48.5 Å². The topological polar surface area (TPSA) is 94.2 Å². The second-order valence-electron chi connectivity index (χ2n) is 5.69. The zero-order valence-electron chi connectivity index (χ0n) is 13.7. The van der Waals surface area contributed by atoms with Crippen LogP contribution in [0.4, 0.5) is 5.82 Å². The highest BCUT2D eigenvalue weighted by Gasteiger charge is 2.17. The average Bonchev–Trinajstić information content (AvgIpc) is 3.14. The molecule has 136 valence electrons. The van der Waals surface area contributed by atoms with E-state index in [4.69, 9.17) is 11.6 Å². The van der Waals surface area contributed by atoms with Gasteiger partial charge in [-0.1, -0.05) is 16.8 Å². The van der Waals surface area contributed by atoms with Gasteiger partial charge >= 0.3 is 0 Å². The number of sulfonamides is 1. The molecule has 0 radical (unpaired) electrons. The Balaban J connectivity index is 1.84. The first-order valence-electron chi connectivity index (χ1n) is 7.79. The van der Waals surface area contributed by atoms with Gasteiger partial charge in [-0.3, -0.25) is 14.1 Å². The van der Waals surface area contributed by atoms with Crippen molar-refractivity contribution in [2.45, 2.75) is 4.90 Å². The van der Waals surface area contributed by atoms with E-state index >= 15 is 0 Å². The van der Waals surface area contributed by atoms with Gasteiger partial charge in [-0.15, -0.1) is 0 Å². The van der Waals surface area contributed by atoms with Crippen molar-refractivity contribution in [3.63, 3.8) is 0 Å². The van der Waals surface area contributed by atoms with Crippen LogP contribution >= 0.6 is 11.6 Å². The third-order valence-electron chi connectivity index (χ3n) is 3.94. The molecular weight excluding hydrogens is 390 g/mol. The average molecular weight is 402 g/mol. The molecule has 0 spiro atoms. The number of pyridine rings is 1. The highest BCUT2D eigenvalue weighted by molar-refractivity contribution is 7.92. The van der Waals surface area contributed by atoms with Crippen molar-refractivity contribution in [2.75, 3.05) is 4.72 Å². The fraction of sp³-hybridized carbons (Fsp3) is 0. The van der Waals surface area contributed by atoms with Gasteiger partial charge in [0.25, 0.3) is 15.6 Å². The Morgan fingerprint density at radius 1 is 1.00 bits per heavy atom. The van der Waals surface area contributed by atoms with Gasteiger partial charge in [0, 0.05) is 28.2 Å². The monoisotopic (exact) mass is 401 g/mol. The summed E-state index contributed by atoms with van der Waals surface area (Å²) in [5.74, 6) is 0.0845. The van der Waals surface area contributed by atoms with E-state index in [1.807, 2.05) is 0 Å². The van der Waals surface area contributed by atoms with Crippen LogP contribution in [0.5, 0.6) is 0 Å². The van der Waals surface area contributed by atoms with Gasteiger partial charge in [-0.25, -0.2) is 8.42 Å². The molecule has 7 nitrogen and oxygen atoms in total. The van der Waals surface area contributed by atoms with Gasteiger partial charge in [-0.2, -0.15) is 0 Å². The summed E-state index contributed by atoms with van der Waals surface area (Å²) in [7, 11) is -3.85. The van der Waals surface area contributed by atoms with Crippen LogP contribution in [0.3, 0.4) is 0 Å². The first kappa shape index (κ1) is 17.3. The Morgan fingerprint density at radius 2 is 1.78 bits per heavy atom. The first-order chi connectivity index (χ1) is 12.9. The number of benzene rings is 2. The number of hydrogen-bond donors (Lipinski definition) is 1. The summed E-state index contributed by atoms with van der Waals surface area (Å²) in [6.45, 7) is 0. The van der Waals surface area contributed by atoms with Crippen LogP contribution in [-0.4, -0.2) is 18.1 Å². The predicted octanol–water partition coefficient (Wildman–Crippen LogP) is 3.43. The van der Waals surface area contributed by atoms with E-state index in [1.54, 1.807) is 36.4 Å². The molecule has 0 amide bonds. The Hall–Kier alpha value is -3.10. The summed E-state index contributed by atoms with van der Waals surface area (Å²) in [6, 6.07) is 15.7. The Bertz CT molecular complexity index is 1280. The molecule has 4 rings (SSSR count). The number of nitrogens with one attached hydrogen (secondary N) is 1. The summed E-state index contributed by atoms with van der Waals surface area (Å²) in [5, 5.41) is 4.69. The minimum atomic E-state index is -3.85. The number of anilines is 1. The quantitative estimate of drug-likeness (QED) is 0.565. The lowest BCUT2D eigenvalue weighted by molar-refractivity contribution is 0.423. The first-order valence-corrected chi connectivity index (χ1v) is 9.65. The number of fused-ring (bicyclic) bond motifs is 1. The van der Waals surface area contributed by atoms with E-state index in [2.05, 4.69) is 14.4 Å². The number of hydrogen-bond acceptors (Lipinski definition) is 5. The second-order valence-corrected chi connectivity index (χ2v) is 7.81. The Kier molecular flexibility index (Phi) is 4.21. The molecule has 0 atom stereocenters.